The molecule has 152 valence electrons. The van der Waals surface area contributed by atoms with Crippen molar-refractivity contribution in [1.29, 1.82) is 0 Å². The average Bonchev–Trinajstić information content (AvgIpc) is 2.67. The summed E-state index contributed by atoms with van der Waals surface area (Å²) in [4.78, 5) is 0. The van der Waals surface area contributed by atoms with Crippen LogP contribution in [-0.4, -0.2) is 74.1 Å². The van der Waals surface area contributed by atoms with Crippen molar-refractivity contribution in [2.24, 2.45) is 0 Å². The van der Waals surface area contributed by atoms with Gasteiger partial charge in [0.1, 0.15) is 0 Å². The molecule has 0 spiro atoms. The van der Waals surface area contributed by atoms with Gasteiger partial charge in [0.15, 0.2) is 0 Å². The quantitative estimate of drug-likeness (QED) is 0.401. The lowest BCUT2D eigenvalue weighted by molar-refractivity contribution is 0.217. The minimum Gasteiger partial charge on any atom is -0.395 e. The van der Waals surface area contributed by atoms with Gasteiger partial charge in [0.2, 0.25) is 0 Å². The maximum Gasteiger partial charge on any atom is 0.0597 e. The molecule has 4 unspecified atom stereocenters. The van der Waals surface area contributed by atoms with Gasteiger partial charge < -0.3 is 31.7 Å². The molecule has 0 aromatic rings. The number of nitrogens with one attached hydrogen (secondary N) is 5. The Morgan fingerprint density at radius 3 is 1.85 bits per heavy atom. The molecule has 2 aliphatic carbocycles. The molecule has 0 aromatic carbocycles. The normalized spacial score (nSPS) is 41.3. The smallest absolute Gasteiger partial charge is 0.0597 e. The van der Waals surface area contributed by atoms with E-state index in [1.807, 2.05) is 0 Å². The fraction of sp³-hybridized carbons (Fsp3) is 1.00. The van der Waals surface area contributed by atoms with Crippen molar-refractivity contribution >= 4 is 0 Å². The van der Waals surface area contributed by atoms with Crippen LogP contribution in [0.5, 0.6) is 0 Å². The lowest BCUT2D eigenvalue weighted by Gasteiger charge is -2.35. The molecule has 0 bridgehead atoms. The maximum atomic E-state index is 9.76. The Bertz CT molecular complexity index is 396. The second-order valence-electron chi connectivity index (χ2n) is 8.67. The second-order valence-corrected chi connectivity index (χ2v) is 8.67. The minimum absolute atomic E-state index is 0.132. The highest BCUT2D eigenvalue weighted by Gasteiger charge is 2.28. The highest BCUT2D eigenvalue weighted by atomic mass is 16.3. The summed E-state index contributed by atoms with van der Waals surface area (Å²) in [6.45, 7) is 6.30. The van der Waals surface area contributed by atoms with E-state index < -0.39 is 0 Å². The van der Waals surface area contributed by atoms with Crippen LogP contribution in [0.15, 0.2) is 0 Å². The standard InChI is InChI=1S/C20H41N5O/c1-15-12-23-16(14-26)13-24-18-7-3-2-6-17(18)21-10-11-22-19-8-4-5-9-20(19)25-15/h15-26H,2-14H2,1H3/t15-,16+,17?,18?,19?,20?/m1/s1. The predicted molar refractivity (Wildman–Crippen MR) is 108 cm³/mol. The summed E-state index contributed by atoms with van der Waals surface area (Å²) in [7, 11) is 0. The van der Waals surface area contributed by atoms with Gasteiger partial charge >= 0.3 is 0 Å². The molecule has 0 amide bonds. The number of rotatable bonds is 1. The molecule has 3 aliphatic rings. The Hall–Kier alpha value is -0.240. The van der Waals surface area contributed by atoms with Crippen molar-refractivity contribution in [3.8, 4) is 0 Å². The zero-order chi connectivity index (χ0) is 18.2. The van der Waals surface area contributed by atoms with E-state index in [1.165, 1.54) is 51.4 Å². The summed E-state index contributed by atoms with van der Waals surface area (Å²) < 4.78 is 0. The molecular formula is C20H41N5O. The van der Waals surface area contributed by atoms with Gasteiger partial charge in [-0.05, 0) is 32.6 Å². The molecule has 6 heteroatoms. The lowest BCUT2D eigenvalue weighted by Crippen LogP contribution is -2.55. The van der Waals surface area contributed by atoms with Gasteiger partial charge in [0.25, 0.3) is 0 Å². The molecule has 2 saturated carbocycles. The van der Waals surface area contributed by atoms with E-state index in [1.54, 1.807) is 0 Å². The molecule has 6 N–H and O–H groups in total. The highest BCUT2D eigenvalue weighted by molar-refractivity contribution is 4.91. The van der Waals surface area contributed by atoms with Crippen molar-refractivity contribution in [3.63, 3.8) is 0 Å². The van der Waals surface area contributed by atoms with E-state index in [0.29, 0.717) is 30.2 Å². The third kappa shape index (κ3) is 6.14. The number of hydrogen-bond donors (Lipinski definition) is 6. The van der Waals surface area contributed by atoms with Crippen LogP contribution in [0.4, 0.5) is 0 Å². The summed E-state index contributed by atoms with van der Waals surface area (Å²) in [5, 5.41) is 28.5. The number of hydrogen-bond acceptors (Lipinski definition) is 6. The van der Waals surface area contributed by atoms with Gasteiger partial charge in [-0.3, -0.25) is 0 Å². The van der Waals surface area contributed by atoms with Crippen LogP contribution in [0.25, 0.3) is 0 Å². The van der Waals surface area contributed by atoms with Crippen LogP contribution in [0, 0.1) is 0 Å². The van der Waals surface area contributed by atoms with Crippen molar-refractivity contribution in [1.82, 2.24) is 26.6 Å². The van der Waals surface area contributed by atoms with Gasteiger partial charge in [-0.1, -0.05) is 25.7 Å². The Balaban J connectivity index is 1.61. The van der Waals surface area contributed by atoms with Gasteiger partial charge in [0.05, 0.1) is 6.61 Å². The first kappa shape index (κ1) is 20.5. The number of aliphatic hydroxyl groups excluding tert-OH is 1. The summed E-state index contributed by atoms with van der Waals surface area (Å²) in [5.74, 6) is 0. The summed E-state index contributed by atoms with van der Waals surface area (Å²) in [6.07, 6.45) is 10.4. The van der Waals surface area contributed by atoms with Gasteiger partial charge in [-0.15, -0.1) is 0 Å². The molecule has 6 nitrogen and oxygen atoms in total. The topological polar surface area (TPSA) is 80.4 Å². The van der Waals surface area contributed by atoms with Crippen molar-refractivity contribution in [3.05, 3.63) is 0 Å². The van der Waals surface area contributed by atoms with Crippen LogP contribution in [0.3, 0.4) is 0 Å². The first-order valence-electron chi connectivity index (χ1n) is 11.1. The minimum atomic E-state index is 0.132. The van der Waals surface area contributed by atoms with Crippen molar-refractivity contribution < 1.29 is 5.11 Å². The Labute approximate surface area is 159 Å². The van der Waals surface area contributed by atoms with Crippen LogP contribution >= 0.6 is 0 Å². The van der Waals surface area contributed by atoms with Crippen LogP contribution in [0.2, 0.25) is 0 Å². The summed E-state index contributed by atoms with van der Waals surface area (Å²) in [6, 6.07) is 2.80. The predicted octanol–water partition coefficient (Wildman–Crippen LogP) is 0.320. The van der Waals surface area contributed by atoms with E-state index in [2.05, 4.69) is 33.5 Å². The van der Waals surface area contributed by atoms with E-state index in [4.69, 9.17) is 0 Å². The molecule has 26 heavy (non-hydrogen) atoms. The molecule has 3 fully saturated rings. The Morgan fingerprint density at radius 2 is 1.23 bits per heavy atom. The lowest BCUT2D eigenvalue weighted by atomic mass is 9.89. The average molecular weight is 368 g/mol. The monoisotopic (exact) mass is 367 g/mol. The third-order valence-corrected chi connectivity index (χ3v) is 6.53. The van der Waals surface area contributed by atoms with Gasteiger partial charge in [0, 0.05) is 62.4 Å². The van der Waals surface area contributed by atoms with Crippen molar-refractivity contribution in [2.45, 2.75) is 94.5 Å². The fourth-order valence-electron chi connectivity index (χ4n) is 4.97. The zero-order valence-corrected chi connectivity index (χ0v) is 16.6. The van der Waals surface area contributed by atoms with Gasteiger partial charge in [-0.2, -0.15) is 0 Å². The Kier molecular flexibility index (Phi) is 8.62. The first-order chi connectivity index (χ1) is 12.8. The second kappa shape index (κ2) is 10.9. The molecule has 1 heterocycles. The van der Waals surface area contributed by atoms with E-state index in [9.17, 15) is 5.11 Å². The van der Waals surface area contributed by atoms with Gasteiger partial charge in [-0.25, -0.2) is 0 Å². The van der Waals surface area contributed by atoms with Crippen LogP contribution < -0.4 is 26.6 Å². The molecule has 3 rings (SSSR count). The molecule has 1 aliphatic heterocycles. The van der Waals surface area contributed by atoms with Crippen LogP contribution in [0.1, 0.15) is 58.3 Å². The fourth-order valence-corrected chi connectivity index (χ4v) is 4.97. The number of aliphatic hydroxyl groups is 1. The SMILES string of the molecule is C[C@@H]1CN[C@H](CO)CNC2CCCCC2NCCNC2CCCCC2N1. The van der Waals surface area contributed by atoms with E-state index >= 15 is 0 Å². The first-order valence-corrected chi connectivity index (χ1v) is 11.1. The highest BCUT2D eigenvalue weighted by Crippen LogP contribution is 2.20. The summed E-state index contributed by atoms with van der Waals surface area (Å²) >= 11 is 0. The largest absolute Gasteiger partial charge is 0.395 e. The molecular weight excluding hydrogens is 326 g/mol. The van der Waals surface area contributed by atoms with E-state index in [0.717, 1.165) is 26.2 Å². The molecule has 1 saturated heterocycles. The number of fused-ring (bicyclic) bond motifs is 2. The molecule has 6 atom stereocenters. The maximum absolute atomic E-state index is 9.76. The Morgan fingerprint density at radius 1 is 0.692 bits per heavy atom. The van der Waals surface area contributed by atoms with Crippen molar-refractivity contribution in [2.75, 3.05) is 32.8 Å². The van der Waals surface area contributed by atoms with Crippen LogP contribution in [-0.2, 0) is 0 Å². The van der Waals surface area contributed by atoms with E-state index in [-0.39, 0.29) is 12.6 Å². The third-order valence-electron chi connectivity index (χ3n) is 6.53. The zero-order valence-electron chi connectivity index (χ0n) is 16.6. The summed E-state index contributed by atoms with van der Waals surface area (Å²) in [5.41, 5.74) is 0. The molecule has 0 radical (unpaired) electrons. The molecule has 0 aromatic heterocycles.